The number of hydrogen-bond donors (Lipinski definition) is 1. The molecule has 0 atom stereocenters. The van der Waals surface area contributed by atoms with Crippen molar-refractivity contribution in [3.8, 4) is 11.9 Å². The maximum Gasteiger partial charge on any atom is 0.281 e. The summed E-state index contributed by atoms with van der Waals surface area (Å²) in [6.07, 6.45) is 0. The smallest absolute Gasteiger partial charge is 0.281 e. The summed E-state index contributed by atoms with van der Waals surface area (Å²) in [4.78, 5) is 12.5. The molecular formula is C21H18N6O2. The van der Waals surface area contributed by atoms with E-state index < -0.39 is 5.56 Å². The highest BCUT2D eigenvalue weighted by atomic mass is 16.3. The van der Waals surface area contributed by atoms with Crippen LogP contribution in [0.5, 0.6) is 5.88 Å². The van der Waals surface area contributed by atoms with E-state index in [1.165, 1.54) is 0 Å². The van der Waals surface area contributed by atoms with Crippen LogP contribution in [0.4, 0.5) is 22.7 Å². The number of rotatable bonds is 5. The first-order valence-electron chi connectivity index (χ1n) is 8.90. The van der Waals surface area contributed by atoms with Crippen molar-refractivity contribution < 1.29 is 5.11 Å². The topological polar surface area (TPSA) is 115 Å². The summed E-state index contributed by atoms with van der Waals surface area (Å²) in [6, 6.07) is 18.1. The third-order valence-corrected chi connectivity index (χ3v) is 4.24. The average molecular weight is 386 g/mol. The fraction of sp³-hybridized carbons (Fsp3) is 0.143. The van der Waals surface area contributed by atoms with Gasteiger partial charge in [0, 0.05) is 12.1 Å². The molecule has 0 spiro atoms. The van der Waals surface area contributed by atoms with E-state index in [1.807, 2.05) is 36.4 Å². The van der Waals surface area contributed by atoms with Crippen molar-refractivity contribution in [2.24, 2.45) is 20.5 Å². The van der Waals surface area contributed by atoms with Gasteiger partial charge in [0.1, 0.15) is 11.6 Å². The molecule has 1 aromatic heterocycles. The van der Waals surface area contributed by atoms with Gasteiger partial charge in [-0.25, -0.2) is 0 Å². The Morgan fingerprint density at radius 3 is 1.97 bits per heavy atom. The highest BCUT2D eigenvalue weighted by Crippen LogP contribution is 2.27. The van der Waals surface area contributed by atoms with Crippen LogP contribution in [-0.2, 0) is 6.54 Å². The third kappa shape index (κ3) is 4.25. The zero-order valence-corrected chi connectivity index (χ0v) is 15.9. The monoisotopic (exact) mass is 386 g/mol. The minimum Gasteiger partial charge on any atom is -0.493 e. The maximum atomic E-state index is 12.5. The molecule has 0 saturated carbocycles. The standard InChI is InChI=1S/C21H18N6O2/c1-3-27-20(28)18(13-22)14(2)19(21(27)29)26-25-17-11-9-16(10-12-17)24-23-15-7-5-4-6-8-15/h4-12,28H,3H2,1-2H3. The van der Waals surface area contributed by atoms with E-state index in [1.54, 1.807) is 38.1 Å². The van der Waals surface area contributed by atoms with Crippen LogP contribution in [0.1, 0.15) is 18.1 Å². The Kier molecular flexibility index (Phi) is 5.90. The summed E-state index contributed by atoms with van der Waals surface area (Å²) >= 11 is 0. The summed E-state index contributed by atoms with van der Waals surface area (Å²) in [5, 5.41) is 35.8. The Morgan fingerprint density at radius 1 is 0.931 bits per heavy atom. The molecule has 0 radical (unpaired) electrons. The average Bonchev–Trinajstić information content (AvgIpc) is 2.74. The third-order valence-electron chi connectivity index (χ3n) is 4.24. The fourth-order valence-corrected chi connectivity index (χ4v) is 2.65. The van der Waals surface area contributed by atoms with Crippen molar-refractivity contribution in [1.82, 2.24) is 4.57 Å². The van der Waals surface area contributed by atoms with Gasteiger partial charge in [-0.2, -0.15) is 20.6 Å². The van der Waals surface area contributed by atoms with Gasteiger partial charge in [0.25, 0.3) is 5.56 Å². The molecule has 8 nitrogen and oxygen atoms in total. The minimum atomic E-state index is -0.501. The Morgan fingerprint density at radius 2 is 1.45 bits per heavy atom. The van der Waals surface area contributed by atoms with Crippen LogP contribution in [0.2, 0.25) is 0 Å². The number of pyridine rings is 1. The van der Waals surface area contributed by atoms with Crippen LogP contribution in [-0.4, -0.2) is 9.67 Å². The van der Waals surface area contributed by atoms with Crippen LogP contribution >= 0.6 is 0 Å². The quantitative estimate of drug-likeness (QED) is 0.576. The van der Waals surface area contributed by atoms with E-state index in [4.69, 9.17) is 0 Å². The molecule has 0 aliphatic rings. The van der Waals surface area contributed by atoms with E-state index in [0.717, 1.165) is 10.3 Å². The molecule has 1 N–H and O–H groups in total. The molecule has 0 saturated heterocycles. The van der Waals surface area contributed by atoms with E-state index in [-0.39, 0.29) is 29.2 Å². The Labute approximate surface area is 167 Å². The lowest BCUT2D eigenvalue weighted by atomic mass is 10.1. The number of aromatic hydroxyl groups is 1. The van der Waals surface area contributed by atoms with E-state index in [9.17, 15) is 15.2 Å². The molecule has 2 aromatic carbocycles. The number of azo groups is 2. The molecule has 0 amide bonds. The predicted molar refractivity (Wildman–Crippen MR) is 109 cm³/mol. The summed E-state index contributed by atoms with van der Waals surface area (Å²) in [5.41, 5.74) is 1.73. The van der Waals surface area contributed by atoms with Gasteiger partial charge in [0.05, 0.1) is 17.1 Å². The van der Waals surface area contributed by atoms with Gasteiger partial charge < -0.3 is 5.11 Å². The van der Waals surface area contributed by atoms with E-state index in [0.29, 0.717) is 11.4 Å². The van der Waals surface area contributed by atoms with Crippen molar-refractivity contribution in [2.45, 2.75) is 20.4 Å². The van der Waals surface area contributed by atoms with Crippen molar-refractivity contribution in [3.05, 3.63) is 76.1 Å². The van der Waals surface area contributed by atoms with Gasteiger partial charge in [0.15, 0.2) is 5.69 Å². The summed E-state index contributed by atoms with van der Waals surface area (Å²) in [6.45, 7) is 3.46. The van der Waals surface area contributed by atoms with Gasteiger partial charge in [-0.3, -0.25) is 9.36 Å². The van der Waals surface area contributed by atoms with Gasteiger partial charge in [-0.1, -0.05) is 18.2 Å². The van der Waals surface area contributed by atoms with Crippen LogP contribution < -0.4 is 5.56 Å². The zero-order chi connectivity index (χ0) is 20.8. The number of aromatic nitrogens is 1. The highest BCUT2D eigenvalue weighted by Gasteiger charge is 2.18. The highest BCUT2D eigenvalue weighted by molar-refractivity contribution is 5.57. The van der Waals surface area contributed by atoms with Crippen molar-refractivity contribution >= 4 is 22.7 Å². The molecule has 3 rings (SSSR count). The summed E-state index contributed by atoms with van der Waals surface area (Å²) < 4.78 is 1.09. The number of nitrogens with zero attached hydrogens (tertiary/aromatic N) is 6. The lowest BCUT2D eigenvalue weighted by Crippen LogP contribution is -2.20. The molecule has 3 aromatic rings. The molecular weight excluding hydrogens is 368 g/mol. The molecule has 8 heteroatoms. The van der Waals surface area contributed by atoms with E-state index >= 15 is 0 Å². The summed E-state index contributed by atoms with van der Waals surface area (Å²) in [7, 11) is 0. The van der Waals surface area contributed by atoms with Crippen molar-refractivity contribution in [3.63, 3.8) is 0 Å². The van der Waals surface area contributed by atoms with Gasteiger partial charge >= 0.3 is 0 Å². The molecule has 1 heterocycles. The number of nitriles is 1. The number of hydrogen-bond acceptors (Lipinski definition) is 7. The van der Waals surface area contributed by atoms with Crippen LogP contribution in [0.15, 0.2) is 79.8 Å². The Balaban J connectivity index is 1.87. The second-order valence-corrected chi connectivity index (χ2v) is 6.09. The zero-order valence-electron chi connectivity index (χ0n) is 15.9. The maximum absolute atomic E-state index is 12.5. The summed E-state index contributed by atoms with van der Waals surface area (Å²) in [5.74, 6) is -0.357. The molecule has 0 aliphatic heterocycles. The molecule has 144 valence electrons. The van der Waals surface area contributed by atoms with Crippen LogP contribution in [0.3, 0.4) is 0 Å². The molecule has 29 heavy (non-hydrogen) atoms. The lowest BCUT2D eigenvalue weighted by Gasteiger charge is -2.10. The Bertz CT molecular complexity index is 1170. The second kappa shape index (κ2) is 8.71. The molecule has 0 aliphatic carbocycles. The molecule has 0 fully saturated rings. The molecule has 0 bridgehead atoms. The normalized spacial score (nSPS) is 11.2. The minimum absolute atomic E-state index is 0.0112. The fourth-order valence-electron chi connectivity index (χ4n) is 2.65. The SMILES string of the molecule is CCn1c(O)c(C#N)c(C)c(N=Nc2ccc(N=Nc3ccccc3)cc2)c1=O. The van der Waals surface area contributed by atoms with Gasteiger partial charge in [-0.05, 0) is 50.2 Å². The van der Waals surface area contributed by atoms with Crippen molar-refractivity contribution in [2.75, 3.05) is 0 Å². The predicted octanol–water partition coefficient (Wildman–Crippen LogP) is 5.58. The van der Waals surface area contributed by atoms with E-state index in [2.05, 4.69) is 20.5 Å². The van der Waals surface area contributed by atoms with Gasteiger partial charge in [-0.15, -0.1) is 5.11 Å². The first-order chi connectivity index (χ1) is 14.0. The largest absolute Gasteiger partial charge is 0.493 e. The van der Waals surface area contributed by atoms with Crippen LogP contribution in [0, 0.1) is 18.3 Å². The first-order valence-corrected chi connectivity index (χ1v) is 8.90. The lowest BCUT2D eigenvalue weighted by molar-refractivity contribution is 0.409. The van der Waals surface area contributed by atoms with Gasteiger partial charge in [0.2, 0.25) is 5.88 Å². The van der Waals surface area contributed by atoms with Crippen molar-refractivity contribution in [1.29, 1.82) is 5.26 Å². The number of benzene rings is 2. The first kappa shape index (κ1) is 19.6. The second-order valence-electron chi connectivity index (χ2n) is 6.09. The molecule has 0 unspecified atom stereocenters. The Hall–Kier alpha value is -4.12. The van der Waals surface area contributed by atoms with Crippen LogP contribution in [0.25, 0.3) is 0 Å².